The number of hydrogen-bond donors (Lipinski definition) is 0. The van der Waals surface area contributed by atoms with Crippen LogP contribution in [0, 0.1) is 0 Å². The monoisotopic (exact) mass is 307 g/mol. The van der Waals surface area contributed by atoms with E-state index >= 15 is 0 Å². The van der Waals surface area contributed by atoms with E-state index in [0.29, 0.717) is 6.61 Å². The number of amides is 1. The van der Waals surface area contributed by atoms with Crippen LogP contribution in [0.3, 0.4) is 0 Å². The van der Waals surface area contributed by atoms with E-state index in [0.717, 1.165) is 17.4 Å². The molecular formula is C17H25NO4. The van der Waals surface area contributed by atoms with Crippen LogP contribution in [0.4, 0.5) is 4.79 Å². The van der Waals surface area contributed by atoms with Gasteiger partial charge in [-0.25, -0.2) is 4.79 Å². The molecule has 5 nitrogen and oxygen atoms in total. The maximum Gasteiger partial charge on any atom is 0.411 e. The topological polar surface area (TPSA) is 55.8 Å². The summed E-state index contributed by atoms with van der Waals surface area (Å²) in [6.07, 6.45) is 0.213. The van der Waals surface area contributed by atoms with Crippen molar-refractivity contribution >= 4 is 12.4 Å². The fraction of sp³-hybridized carbons (Fsp3) is 0.529. The molecule has 0 saturated carbocycles. The number of aldehydes is 1. The van der Waals surface area contributed by atoms with Crippen molar-refractivity contribution in [2.45, 2.75) is 45.4 Å². The van der Waals surface area contributed by atoms with Gasteiger partial charge in [-0.2, -0.15) is 0 Å². The number of nitrogens with zero attached hydrogens (tertiary/aromatic N) is 1. The van der Waals surface area contributed by atoms with Crippen molar-refractivity contribution in [2.75, 3.05) is 14.2 Å². The second-order valence-corrected chi connectivity index (χ2v) is 6.43. The van der Waals surface area contributed by atoms with Gasteiger partial charge in [-0.05, 0) is 38.8 Å². The Morgan fingerprint density at radius 3 is 2.14 bits per heavy atom. The zero-order chi connectivity index (χ0) is 17.0. The molecule has 0 fully saturated rings. The summed E-state index contributed by atoms with van der Waals surface area (Å²) in [4.78, 5) is 25.2. The van der Waals surface area contributed by atoms with E-state index < -0.39 is 17.2 Å². The van der Waals surface area contributed by atoms with E-state index in [-0.39, 0.29) is 0 Å². The lowest BCUT2D eigenvalue weighted by Crippen LogP contribution is -2.48. The molecule has 0 radical (unpaired) electrons. The summed E-state index contributed by atoms with van der Waals surface area (Å²) in [7, 11) is 3.19. The molecule has 0 bridgehead atoms. The highest BCUT2D eigenvalue weighted by molar-refractivity contribution is 5.77. The van der Waals surface area contributed by atoms with Crippen molar-refractivity contribution in [2.24, 2.45) is 0 Å². The number of benzene rings is 1. The summed E-state index contributed by atoms with van der Waals surface area (Å²) in [5, 5.41) is 0. The Labute approximate surface area is 132 Å². The third-order valence-electron chi connectivity index (χ3n) is 3.44. The summed E-state index contributed by atoms with van der Waals surface area (Å²) < 4.78 is 10.4. The lowest BCUT2D eigenvalue weighted by Gasteiger charge is -2.35. The first-order chi connectivity index (χ1) is 10.1. The molecule has 1 amide bonds. The molecule has 0 spiro atoms. The average molecular weight is 307 g/mol. The Balaban J connectivity index is 3.04. The standard InChI is InChI=1S/C17H25NO4/c1-16(2,3)22-15(20)18(5)17(4,12-19)14-9-7-13(8-10-14)11-21-6/h7-10,12H,11H2,1-6H3. The first-order valence-electron chi connectivity index (χ1n) is 7.15. The van der Waals surface area contributed by atoms with Crippen LogP contribution in [0.15, 0.2) is 24.3 Å². The molecule has 122 valence electrons. The first kappa shape index (κ1) is 18.2. The second kappa shape index (κ2) is 6.92. The maximum absolute atomic E-state index is 12.2. The molecule has 0 saturated heterocycles. The van der Waals surface area contributed by atoms with Crippen molar-refractivity contribution in [3.63, 3.8) is 0 Å². The zero-order valence-electron chi connectivity index (χ0n) is 14.2. The zero-order valence-corrected chi connectivity index (χ0v) is 14.2. The van der Waals surface area contributed by atoms with E-state index in [4.69, 9.17) is 9.47 Å². The summed E-state index contributed by atoms with van der Waals surface area (Å²) in [6.45, 7) is 7.55. The third kappa shape index (κ3) is 4.31. The summed E-state index contributed by atoms with van der Waals surface area (Å²) in [5.41, 5.74) is 0.0147. The number of methoxy groups -OCH3 is 1. The van der Waals surface area contributed by atoms with E-state index in [2.05, 4.69) is 0 Å². The van der Waals surface area contributed by atoms with Crippen LogP contribution < -0.4 is 0 Å². The van der Waals surface area contributed by atoms with Crippen LogP contribution in [-0.4, -0.2) is 37.0 Å². The second-order valence-electron chi connectivity index (χ2n) is 6.43. The predicted octanol–water partition coefficient (Wildman–Crippen LogP) is 3.11. The lowest BCUT2D eigenvalue weighted by molar-refractivity contribution is -0.117. The number of carbonyl (C=O) groups excluding carboxylic acids is 2. The highest BCUT2D eigenvalue weighted by Gasteiger charge is 2.36. The molecule has 0 heterocycles. The molecule has 0 aliphatic carbocycles. The van der Waals surface area contributed by atoms with Crippen LogP contribution in [0.25, 0.3) is 0 Å². The van der Waals surface area contributed by atoms with Gasteiger partial charge in [-0.1, -0.05) is 24.3 Å². The summed E-state index contributed by atoms with van der Waals surface area (Å²) >= 11 is 0. The fourth-order valence-corrected chi connectivity index (χ4v) is 1.97. The van der Waals surface area contributed by atoms with Gasteiger partial charge in [-0.3, -0.25) is 4.90 Å². The minimum atomic E-state index is -1.09. The molecule has 0 N–H and O–H groups in total. The van der Waals surface area contributed by atoms with Gasteiger partial charge >= 0.3 is 6.09 Å². The highest BCUT2D eigenvalue weighted by Crippen LogP contribution is 2.27. The van der Waals surface area contributed by atoms with Crippen LogP contribution in [0.5, 0.6) is 0 Å². The molecule has 1 unspecified atom stereocenters. The lowest BCUT2D eigenvalue weighted by atomic mass is 9.91. The molecular weight excluding hydrogens is 282 g/mol. The maximum atomic E-state index is 12.2. The van der Waals surface area contributed by atoms with Crippen molar-refractivity contribution < 1.29 is 19.1 Å². The van der Waals surface area contributed by atoms with Crippen molar-refractivity contribution in [3.8, 4) is 0 Å². The molecule has 5 heteroatoms. The van der Waals surface area contributed by atoms with Gasteiger partial charge in [0.2, 0.25) is 0 Å². The van der Waals surface area contributed by atoms with E-state index in [1.54, 1.807) is 41.9 Å². The van der Waals surface area contributed by atoms with Crippen LogP contribution in [-0.2, 0) is 26.4 Å². The SMILES string of the molecule is COCc1ccc(C(C)(C=O)N(C)C(=O)OC(C)(C)C)cc1. The molecule has 0 aliphatic heterocycles. The van der Waals surface area contributed by atoms with Gasteiger partial charge in [0.05, 0.1) is 6.61 Å². The molecule has 1 aromatic rings. The number of likely N-dealkylation sites (N-methyl/N-ethyl adjacent to an activating group) is 1. The quantitative estimate of drug-likeness (QED) is 0.784. The van der Waals surface area contributed by atoms with Gasteiger partial charge in [-0.15, -0.1) is 0 Å². The van der Waals surface area contributed by atoms with Gasteiger partial charge in [0.15, 0.2) is 0 Å². The Morgan fingerprint density at radius 1 is 1.18 bits per heavy atom. The Kier molecular flexibility index (Phi) is 5.72. The van der Waals surface area contributed by atoms with Crippen LogP contribution >= 0.6 is 0 Å². The summed E-state index contributed by atoms with van der Waals surface area (Å²) in [5.74, 6) is 0. The Hall–Kier alpha value is -1.88. The van der Waals surface area contributed by atoms with Gasteiger partial charge < -0.3 is 14.3 Å². The number of carbonyl (C=O) groups is 2. The van der Waals surface area contributed by atoms with Crippen molar-refractivity contribution in [1.82, 2.24) is 4.90 Å². The number of rotatable bonds is 5. The fourth-order valence-electron chi connectivity index (χ4n) is 1.97. The highest BCUT2D eigenvalue weighted by atomic mass is 16.6. The molecule has 1 atom stereocenters. The van der Waals surface area contributed by atoms with E-state index in [1.807, 2.05) is 24.3 Å². The molecule has 0 aromatic heterocycles. The van der Waals surface area contributed by atoms with E-state index in [9.17, 15) is 9.59 Å². The third-order valence-corrected chi connectivity index (χ3v) is 3.44. The molecule has 22 heavy (non-hydrogen) atoms. The van der Waals surface area contributed by atoms with Gasteiger partial charge in [0.1, 0.15) is 17.4 Å². The predicted molar refractivity (Wildman–Crippen MR) is 84.6 cm³/mol. The van der Waals surface area contributed by atoms with Crippen LogP contribution in [0.2, 0.25) is 0 Å². The van der Waals surface area contributed by atoms with Gasteiger partial charge in [0, 0.05) is 14.2 Å². The smallest absolute Gasteiger partial charge is 0.411 e. The first-order valence-corrected chi connectivity index (χ1v) is 7.15. The Bertz CT molecular complexity index is 518. The number of ether oxygens (including phenoxy) is 2. The number of hydrogen-bond acceptors (Lipinski definition) is 4. The van der Waals surface area contributed by atoms with Gasteiger partial charge in [0.25, 0.3) is 0 Å². The normalized spacial score (nSPS) is 14.1. The van der Waals surface area contributed by atoms with Crippen molar-refractivity contribution in [1.29, 1.82) is 0 Å². The van der Waals surface area contributed by atoms with Crippen LogP contribution in [0.1, 0.15) is 38.8 Å². The summed E-state index contributed by atoms with van der Waals surface area (Å²) in [6, 6.07) is 7.40. The molecule has 0 aliphatic rings. The average Bonchev–Trinajstić information content (AvgIpc) is 2.45. The van der Waals surface area contributed by atoms with E-state index in [1.165, 1.54) is 4.90 Å². The molecule has 1 aromatic carbocycles. The molecule has 1 rings (SSSR count). The minimum absolute atomic E-state index is 0.500. The Morgan fingerprint density at radius 2 is 1.73 bits per heavy atom. The van der Waals surface area contributed by atoms with Crippen molar-refractivity contribution in [3.05, 3.63) is 35.4 Å². The largest absolute Gasteiger partial charge is 0.444 e. The minimum Gasteiger partial charge on any atom is -0.444 e.